The van der Waals surface area contributed by atoms with E-state index >= 15 is 0 Å². The van der Waals surface area contributed by atoms with Crippen LogP contribution in [0.15, 0.2) is 36.4 Å². The highest BCUT2D eigenvalue weighted by atomic mass is 16.7. The van der Waals surface area contributed by atoms with Crippen molar-refractivity contribution in [2.24, 2.45) is 0 Å². The maximum absolute atomic E-state index is 5.81. The molecule has 120 valence electrons. The highest BCUT2D eigenvalue weighted by molar-refractivity contribution is 5.55. The Morgan fingerprint density at radius 2 is 2.04 bits per heavy atom. The Balaban J connectivity index is 1.44. The summed E-state index contributed by atoms with van der Waals surface area (Å²) in [6.45, 7) is 1.65. The van der Waals surface area contributed by atoms with Crippen LogP contribution in [0.4, 0.5) is 0 Å². The van der Waals surface area contributed by atoms with Gasteiger partial charge in [-0.1, -0.05) is 18.2 Å². The topological polar surface area (TPSA) is 49.0 Å². The highest BCUT2D eigenvalue weighted by Gasteiger charge is 2.22. The standard InChI is InChI=1S/C18H19NO4/c1-20-16-6-12(7-17-18(16)23-11-22-17)9-19-14-8-13-4-2-3-5-15(13)21-10-14/h2-7,14,19H,8-11H2,1H3/t14-/m1/s1. The van der Waals surface area contributed by atoms with Gasteiger partial charge in [0.15, 0.2) is 11.5 Å². The average Bonchev–Trinajstić information content (AvgIpc) is 3.07. The van der Waals surface area contributed by atoms with Gasteiger partial charge in [0.2, 0.25) is 12.5 Å². The van der Waals surface area contributed by atoms with E-state index in [2.05, 4.69) is 11.4 Å². The second-order valence-corrected chi connectivity index (χ2v) is 5.73. The number of nitrogens with one attached hydrogen (secondary N) is 1. The van der Waals surface area contributed by atoms with Crippen LogP contribution in [0.25, 0.3) is 0 Å². The number of hydrogen-bond acceptors (Lipinski definition) is 5. The zero-order valence-electron chi connectivity index (χ0n) is 13.0. The normalized spacial score (nSPS) is 18.2. The van der Waals surface area contributed by atoms with Gasteiger partial charge in [0.05, 0.1) is 7.11 Å². The smallest absolute Gasteiger partial charge is 0.231 e. The summed E-state index contributed by atoms with van der Waals surface area (Å²) in [5.74, 6) is 3.13. The molecular formula is C18H19NO4. The number of methoxy groups -OCH3 is 1. The van der Waals surface area contributed by atoms with Gasteiger partial charge in [-0.2, -0.15) is 0 Å². The van der Waals surface area contributed by atoms with E-state index in [0.717, 1.165) is 30.0 Å². The van der Waals surface area contributed by atoms with Crippen LogP contribution in [0.3, 0.4) is 0 Å². The highest BCUT2D eigenvalue weighted by Crippen LogP contribution is 2.41. The first-order valence-corrected chi connectivity index (χ1v) is 7.74. The molecule has 0 amide bonds. The van der Waals surface area contributed by atoms with E-state index in [1.54, 1.807) is 7.11 Å². The van der Waals surface area contributed by atoms with Crippen LogP contribution in [-0.4, -0.2) is 26.6 Å². The molecule has 0 spiro atoms. The Morgan fingerprint density at radius 1 is 1.13 bits per heavy atom. The van der Waals surface area contributed by atoms with E-state index in [9.17, 15) is 0 Å². The Kier molecular flexibility index (Phi) is 3.71. The lowest BCUT2D eigenvalue weighted by Crippen LogP contribution is -2.38. The molecule has 0 bridgehead atoms. The van der Waals surface area contributed by atoms with E-state index < -0.39 is 0 Å². The Bertz CT molecular complexity index is 716. The van der Waals surface area contributed by atoms with E-state index in [1.165, 1.54) is 5.56 Å². The minimum absolute atomic E-state index is 0.246. The first-order valence-electron chi connectivity index (χ1n) is 7.74. The van der Waals surface area contributed by atoms with Crippen LogP contribution in [-0.2, 0) is 13.0 Å². The lowest BCUT2D eigenvalue weighted by atomic mass is 10.0. The number of para-hydroxylation sites is 1. The van der Waals surface area contributed by atoms with Crippen molar-refractivity contribution in [1.29, 1.82) is 0 Å². The molecule has 0 saturated heterocycles. The summed E-state index contributed by atoms with van der Waals surface area (Å²) >= 11 is 0. The largest absolute Gasteiger partial charge is 0.493 e. The number of hydrogen-bond donors (Lipinski definition) is 1. The predicted molar refractivity (Wildman–Crippen MR) is 85.4 cm³/mol. The summed E-state index contributed by atoms with van der Waals surface area (Å²) in [4.78, 5) is 0. The van der Waals surface area contributed by atoms with E-state index in [4.69, 9.17) is 18.9 Å². The molecule has 0 radical (unpaired) electrons. The second-order valence-electron chi connectivity index (χ2n) is 5.73. The van der Waals surface area contributed by atoms with Gasteiger partial charge < -0.3 is 24.3 Å². The summed E-state index contributed by atoms with van der Waals surface area (Å²) in [5, 5.41) is 3.54. The summed E-state index contributed by atoms with van der Waals surface area (Å²) in [6, 6.07) is 12.5. The quantitative estimate of drug-likeness (QED) is 0.940. The predicted octanol–water partition coefficient (Wildman–Crippen LogP) is 2.52. The molecule has 2 aliphatic heterocycles. The molecule has 23 heavy (non-hydrogen) atoms. The molecular weight excluding hydrogens is 294 g/mol. The summed E-state index contributed by atoms with van der Waals surface area (Å²) in [7, 11) is 1.64. The van der Waals surface area contributed by atoms with E-state index in [0.29, 0.717) is 24.1 Å². The van der Waals surface area contributed by atoms with Crippen LogP contribution in [0.1, 0.15) is 11.1 Å². The van der Waals surface area contributed by atoms with Gasteiger partial charge >= 0.3 is 0 Å². The van der Waals surface area contributed by atoms with Crippen molar-refractivity contribution in [2.45, 2.75) is 19.0 Å². The zero-order chi connectivity index (χ0) is 15.6. The fourth-order valence-electron chi connectivity index (χ4n) is 3.01. The van der Waals surface area contributed by atoms with E-state index in [-0.39, 0.29) is 6.79 Å². The molecule has 0 saturated carbocycles. The van der Waals surface area contributed by atoms with Gasteiger partial charge in [0.1, 0.15) is 12.4 Å². The minimum atomic E-state index is 0.246. The minimum Gasteiger partial charge on any atom is -0.493 e. The molecule has 0 aromatic heterocycles. The fourth-order valence-corrected chi connectivity index (χ4v) is 3.01. The molecule has 1 N–H and O–H groups in total. The van der Waals surface area contributed by atoms with Crippen molar-refractivity contribution in [3.8, 4) is 23.0 Å². The lowest BCUT2D eigenvalue weighted by molar-refractivity contribution is 0.171. The molecule has 0 unspecified atom stereocenters. The molecule has 1 atom stereocenters. The monoisotopic (exact) mass is 313 g/mol. The Morgan fingerprint density at radius 3 is 2.96 bits per heavy atom. The van der Waals surface area contributed by atoms with Gasteiger partial charge in [-0.05, 0) is 35.7 Å². The van der Waals surface area contributed by atoms with Crippen LogP contribution < -0.4 is 24.3 Å². The molecule has 2 aliphatic rings. The summed E-state index contributed by atoms with van der Waals surface area (Å²) in [5.41, 5.74) is 2.35. The van der Waals surface area contributed by atoms with Crippen molar-refractivity contribution < 1.29 is 18.9 Å². The maximum atomic E-state index is 5.81. The van der Waals surface area contributed by atoms with Gasteiger partial charge in [-0.3, -0.25) is 0 Å². The van der Waals surface area contributed by atoms with Gasteiger partial charge in [-0.25, -0.2) is 0 Å². The molecule has 0 aliphatic carbocycles. The molecule has 0 fully saturated rings. The first-order chi connectivity index (χ1) is 11.3. The Labute approximate surface area is 135 Å². The number of benzene rings is 2. The molecule has 2 aromatic rings. The van der Waals surface area contributed by atoms with E-state index in [1.807, 2.05) is 30.3 Å². The van der Waals surface area contributed by atoms with Gasteiger partial charge in [0.25, 0.3) is 0 Å². The van der Waals surface area contributed by atoms with Crippen LogP contribution >= 0.6 is 0 Å². The number of fused-ring (bicyclic) bond motifs is 2. The van der Waals surface area contributed by atoms with Crippen molar-refractivity contribution in [3.05, 3.63) is 47.5 Å². The third kappa shape index (κ3) is 2.80. The second kappa shape index (κ2) is 6.01. The first kappa shape index (κ1) is 14.2. The molecule has 5 heteroatoms. The third-order valence-corrected chi connectivity index (χ3v) is 4.19. The average molecular weight is 313 g/mol. The SMILES string of the molecule is COc1cc(CN[C@H]2COc3ccccc3C2)cc2c1OCO2. The number of ether oxygens (including phenoxy) is 4. The Hall–Kier alpha value is -2.40. The molecule has 2 aromatic carbocycles. The van der Waals surface area contributed by atoms with Crippen LogP contribution in [0.2, 0.25) is 0 Å². The zero-order valence-corrected chi connectivity index (χ0v) is 13.0. The van der Waals surface area contributed by atoms with Crippen molar-refractivity contribution in [3.63, 3.8) is 0 Å². The third-order valence-electron chi connectivity index (χ3n) is 4.19. The van der Waals surface area contributed by atoms with Crippen molar-refractivity contribution in [1.82, 2.24) is 5.32 Å². The molecule has 2 heterocycles. The van der Waals surface area contributed by atoms with Crippen LogP contribution in [0, 0.1) is 0 Å². The number of rotatable bonds is 4. The van der Waals surface area contributed by atoms with Gasteiger partial charge in [-0.15, -0.1) is 0 Å². The lowest BCUT2D eigenvalue weighted by Gasteiger charge is -2.26. The summed E-state index contributed by atoms with van der Waals surface area (Å²) < 4.78 is 22.1. The van der Waals surface area contributed by atoms with Crippen molar-refractivity contribution >= 4 is 0 Å². The molecule has 5 nitrogen and oxygen atoms in total. The van der Waals surface area contributed by atoms with Crippen molar-refractivity contribution in [2.75, 3.05) is 20.5 Å². The van der Waals surface area contributed by atoms with Crippen LogP contribution in [0.5, 0.6) is 23.0 Å². The summed E-state index contributed by atoms with van der Waals surface area (Å²) in [6.07, 6.45) is 0.970. The molecule has 4 rings (SSSR count). The fraction of sp³-hybridized carbons (Fsp3) is 0.333. The van der Waals surface area contributed by atoms with Gasteiger partial charge in [0, 0.05) is 12.6 Å². The maximum Gasteiger partial charge on any atom is 0.231 e.